The number of aliphatic hydroxyl groups excluding tert-OH is 1. The summed E-state index contributed by atoms with van der Waals surface area (Å²) in [6.07, 6.45) is -0.597. The fourth-order valence-electron chi connectivity index (χ4n) is 4.05. The smallest absolute Gasteiger partial charge is 0.319 e. The molecular formula is C18H24FNO3. The number of alkyl halides is 1. The standard InChI is InChI=1S/C18H24FNO3/c1-3-18-9-12(18)14(20)13(19)15(18)23-16(22)17(2,10-21)11-7-5-4-6-8-11/h4-8,12-15,21H,3,9-10,20H2,1-2H3/t12-,13-,14-,15+,17-,18-/m1/s1. The molecule has 3 rings (SSSR count). The summed E-state index contributed by atoms with van der Waals surface area (Å²) in [5.74, 6) is -0.496. The minimum Gasteiger partial charge on any atom is -0.458 e. The maximum absolute atomic E-state index is 14.5. The monoisotopic (exact) mass is 321 g/mol. The number of carbonyl (C=O) groups is 1. The van der Waals surface area contributed by atoms with E-state index in [1.807, 2.05) is 13.0 Å². The fourth-order valence-corrected chi connectivity index (χ4v) is 4.05. The van der Waals surface area contributed by atoms with E-state index in [-0.39, 0.29) is 11.3 Å². The molecule has 2 aliphatic rings. The van der Waals surface area contributed by atoms with Gasteiger partial charge < -0.3 is 15.6 Å². The normalized spacial score (nSPS) is 37.8. The molecule has 0 spiro atoms. The Hall–Kier alpha value is -1.46. The zero-order chi connectivity index (χ0) is 16.8. The summed E-state index contributed by atoms with van der Waals surface area (Å²) in [6.45, 7) is 3.21. The van der Waals surface area contributed by atoms with Gasteiger partial charge in [0, 0.05) is 11.5 Å². The summed E-state index contributed by atoms with van der Waals surface area (Å²) in [6, 6.07) is 8.39. The Balaban J connectivity index is 1.83. The average Bonchev–Trinajstić information content (AvgIpc) is 3.29. The van der Waals surface area contributed by atoms with Gasteiger partial charge in [-0.15, -0.1) is 0 Å². The number of hydrogen-bond acceptors (Lipinski definition) is 4. The molecule has 0 unspecified atom stereocenters. The molecule has 5 heteroatoms. The van der Waals surface area contributed by atoms with Crippen LogP contribution >= 0.6 is 0 Å². The molecule has 3 N–H and O–H groups in total. The number of hydrogen-bond donors (Lipinski definition) is 2. The molecular weight excluding hydrogens is 297 g/mol. The molecule has 6 atom stereocenters. The van der Waals surface area contributed by atoms with Crippen LogP contribution in [0.5, 0.6) is 0 Å². The van der Waals surface area contributed by atoms with E-state index in [9.17, 15) is 14.3 Å². The van der Waals surface area contributed by atoms with Crippen molar-refractivity contribution in [1.82, 2.24) is 0 Å². The number of benzene rings is 1. The van der Waals surface area contributed by atoms with Crippen molar-refractivity contribution in [2.75, 3.05) is 6.61 Å². The summed E-state index contributed by atoms with van der Waals surface area (Å²) in [5, 5.41) is 9.78. The van der Waals surface area contributed by atoms with Crippen LogP contribution in [0.3, 0.4) is 0 Å². The molecule has 0 bridgehead atoms. The molecule has 0 radical (unpaired) electrons. The summed E-state index contributed by atoms with van der Waals surface area (Å²) in [4.78, 5) is 12.7. The van der Waals surface area contributed by atoms with Crippen molar-refractivity contribution in [1.29, 1.82) is 0 Å². The van der Waals surface area contributed by atoms with E-state index < -0.39 is 36.3 Å². The van der Waals surface area contributed by atoms with Crippen LogP contribution in [-0.2, 0) is 14.9 Å². The first-order valence-electron chi connectivity index (χ1n) is 8.18. The van der Waals surface area contributed by atoms with Crippen molar-refractivity contribution in [2.24, 2.45) is 17.1 Å². The molecule has 2 saturated carbocycles. The van der Waals surface area contributed by atoms with E-state index in [0.717, 1.165) is 12.8 Å². The van der Waals surface area contributed by atoms with Gasteiger partial charge in [-0.2, -0.15) is 0 Å². The highest BCUT2D eigenvalue weighted by molar-refractivity contribution is 5.83. The molecule has 0 aromatic heterocycles. The molecule has 2 aliphatic carbocycles. The molecule has 126 valence electrons. The lowest BCUT2D eigenvalue weighted by Gasteiger charge is -2.31. The third-order valence-electron chi connectivity index (χ3n) is 5.94. The predicted molar refractivity (Wildman–Crippen MR) is 84.5 cm³/mol. The van der Waals surface area contributed by atoms with Gasteiger partial charge in [-0.1, -0.05) is 37.3 Å². The zero-order valence-electron chi connectivity index (χ0n) is 13.5. The first kappa shape index (κ1) is 16.4. The Morgan fingerprint density at radius 2 is 2.13 bits per heavy atom. The van der Waals surface area contributed by atoms with E-state index in [4.69, 9.17) is 10.5 Å². The van der Waals surface area contributed by atoms with Crippen LogP contribution in [0.4, 0.5) is 4.39 Å². The molecule has 0 heterocycles. The van der Waals surface area contributed by atoms with Crippen LogP contribution in [-0.4, -0.2) is 36.0 Å². The van der Waals surface area contributed by atoms with Crippen molar-refractivity contribution in [3.63, 3.8) is 0 Å². The topological polar surface area (TPSA) is 72.5 Å². The predicted octanol–water partition coefficient (Wildman–Crippen LogP) is 1.94. The Kier molecular flexibility index (Phi) is 3.97. The molecule has 0 amide bonds. The van der Waals surface area contributed by atoms with Crippen molar-refractivity contribution < 1.29 is 19.0 Å². The first-order chi connectivity index (χ1) is 10.9. The lowest BCUT2D eigenvalue weighted by molar-refractivity contribution is -0.164. The minimum atomic E-state index is -1.34. The van der Waals surface area contributed by atoms with Crippen molar-refractivity contribution in [3.05, 3.63) is 35.9 Å². The van der Waals surface area contributed by atoms with Crippen LogP contribution < -0.4 is 5.73 Å². The highest BCUT2D eigenvalue weighted by atomic mass is 19.1. The van der Waals surface area contributed by atoms with Gasteiger partial charge in [-0.25, -0.2) is 4.39 Å². The number of rotatable bonds is 5. The maximum Gasteiger partial charge on any atom is 0.319 e. The third-order valence-corrected chi connectivity index (χ3v) is 5.94. The second-order valence-corrected chi connectivity index (χ2v) is 7.10. The Bertz CT molecular complexity index is 595. The fraction of sp³-hybridized carbons (Fsp3) is 0.611. The number of fused-ring (bicyclic) bond motifs is 1. The van der Waals surface area contributed by atoms with E-state index in [1.54, 1.807) is 31.2 Å². The van der Waals surface area contributed by atoms with Crippen LogP contribution in [0.25, 0.3) is 0 Å². The Morgan fingerprint density at radius 3 is 2.70 bits per heavy atom. The first-order valence-corrected chi connectivity index (χ1v) is 8.18. The third kappa shape index (κ3) is 2.29. The Morgan fingerprint density at radius 1 is 1.48 bits per heavy atom. The van der Waals surface area contributed by atoms with Gasteiger partial charge in [0.2, 0.25) is 0 Å². The molecule has 1 aromatic rings. The van der Waals surface area contributed by atoms with Gasteiger partial charge in [-0.3, -0.25) is 4.79 Å². The quantitative estimate of drug-likeness (QED) is 0.813. The SMILES string of the molecule is CC[C@@]12C[C@@H]1[C@@H](N)[C@@H](F)[C@@H]2OC(=O)[C@](C)(CO)c1ccccc1. The second kappa shape index (κ2) is 5.56. The molecule has 1 aromatic carbocycles. The van der Waals surface area contributed by atoms with Crippen molar-refractivity contribution >= 4 is 5.97 Å². The number of esters is 1. The van der Waals surface area contributed by atoms with Crippen LogP contribution in [0.1, 0.15) is 32.3 Å². The molecule has 2 fully saturated rings. The van der Waals surface area contributed by atoms with E-state index in [2.05, 4.69) is 0 Å². The van der Waals surface area contributed by atoms with Crippen LogP contribution in [0.15, 0.2) is 30.3 Å². The summed E-state index contributed by atoms with van der Waals surface area (Å²) in [7, 11) is 0. The van der Waals surface area contributed by atoms with E-state index in [1.165, 1.54) is 0 Å². The highest BCUT2D eigenvalue weighted by Gasteiger charge is 2.71. The molecule has 4 nitrogen and oxygen atoms in total. The van der Waals surface area contributed by atoms with Gasteiger partial charge in [0.1, 0.15) is 11.5 Å². The zero-order valence-corrected chi connectivity index (χ0v) is 13.5. The summed E-state index contributed by atoms with van der Waals surface area (Å²) in [5.41, 5.74) is 5.06. The maximum atomic E-state index is 14.5. The number of nitrogens with two attached hydrogens (primary N) is 1. The van der Waals surface area contributed by atoms with E-state index >= 15 is 0 Å². The second-order valence-electron chi connectivity index (χ2n) is 7.10. The average molecular weight is 321 g/mol. The highest BCUT2D eigenvalue weighted by Crippen LogP contribution is 2.66. The summed E-state index contributed by atoms with van der Waals surface area (Å²) >= 11 is 0. The minimum absolute atomic E-state index is 0.0948. The van der Waals surface area contributed by atoms with Crippen LogP contribution in [0, 0.1) is 11.3 Å². The van der Waals surface area contributed by atoms with Gasteiger partial charge in [0.25, 0.3) is 0 Å². The number of aliphatic hydroxyl groups is 1. The lowest BCUT2D eigenvalue weighted by Crippen LogP contribution is -2.45. The van der Waals surface area contributed by atoms with E-state index in [0.29, 0.717) is 5.56 Å². The largest absolute Gasteiger partial charge is 0.458 e. The van der Waals surface area contributed by atoms with Crippen molar-refractivity contribution in [2.45, 2.75) is 50.4 Å². The van der Waals surface area contributed by atoms with Gasteiger partial charge in [-0.05, 0) is 31.2 Å². The van der Waals surface area contributed by atoms with Gasteiger partial charge in [0.15, 0.2) is 6.17 Å². The van der Waals surface area contributed by atoms with Crippen molar-refractivity contribution in [3.8, 4) is 0 Å². The van der Waals surface area contributed by atoms with Crippen LogP contribution in [0.2, 0.25) is 0 Å². The number of halogens is 1. The number of ether oxygens (including phenoxy) is 1. The molecule has 23 heavy (non-hydrogen) atoms. The lowest BCUT2D eigenvalue weighted by atomic mass is 9.83. The van der Waals surface area contributed by atoms with Gasteiger partial charge >= 0.3 is 5.97 Å². The Labute approximate surface area is 135 Å². The molecule has 0 aliphatic heterocycles. The summed E-state index contributed by atoms with van der Waals surface area (Å²) < 4.78 is 20.1. The van der Waals surface area contributed by atoms with Gasteiger partial charge in [0.05, 0.1) is 6.61 Å². The molecule has 0 saturated heterocycles. The number of carbonyl (C=O) groups excluding carboxylic acids is 1.